The van der Waals surface area contributed by atoms with Crippen LogP contribution in [0.25, 0.3) is 6.08 Å². The molecule has 0 aliphatic carbocycles. The number of rotatable bonds is 5. The molecule has 1 saturated heterocycles. The molecule has 0 unspecified atom stereocenters. The lowest BCUT2D eigenvalue weighted by Crippen LogP contribution is -2.13. The van der Waals surface area contributed by atoms with Crippen molar-refractivity contribution in [1.82, 2.24) is 5.32 Å². The summed E-state index contributed by atoms with van der Waals surface area (Å²) in [5, 5.41) is 2.78. The molecule has 1 heterocycles. The van der Waals surface area contributed by atoms with Crippen molar-refractivity contribution < 1.29 is 9.53 Å². The Morgan fingerprint density at radius 1 is 1.09 bits per heavy atom. The molecule has 2 aromatic rings. The molecule has 1 aliphatic heterocycles. The molecule has 1 aliphatic rings. The highest BCUT2D eigenvalue weighted by molar-refractivity contribution is 8.04. The van der Waals surface area contributed by atoms with Crippen LogP contribution in [0.2, 0.25) is 0 Å². The van der Waals surface area contributed by atoms with E-state index in [1.807, 2.05) is 48.5 Å². The van der Waals surface area contributed by atoms with Crippen LogP contribution in [0.5, 0.6) is 5.75 Å². The third-order valence-corrected chi connectivity index (χ3v) is 4.27. The van der Waals surface area contributed by atoms with E-state index in [0.29, 0.717) is 12.5 Å². The van der Waals surface area contributed by atoms with E-state index in [1.165, 1.54) is 17.3 Å². The molecule has 0 aromatic heterocycles. The van der Waals surface area contributed by atoms with Gasteiger partial charge < -0.3 is 10.1 Å². The first-order valence-corrected chi connectivity index (χ1v) is 8.19. The van der Waals surface area contributed by atoms with Gasteiger partial charge in [-0.2, -0.15) is 0 Å². The van der Waals surface area contributed by atoms with E-state index in [2.05, 4.69) is 17.4 Å². The number of nitrogens with one attached hydrogen (secondary N) is 1. The Balaban J connectivity index is 1.54. The second-order valence-corrected chi connectivity index (χ2v) is 5.97. The number of thioether (sulfide) groups is 1. The summed E-state index contributed by atoms with van der Waals surface area (Å²) in [4.78, 5) is 12.3. The van der Waals surface area contributed by atoms with Gasteiger partial charge in [0.25, 0.3) is 5.91 Å². The highest BCUT2D eigenvalue weighted by Crippen LogP contribution is 2.24. The average molecular weight is 311 g/mol. The molecule has 0 bridgehead atoms. The lowest BCUT2D eigenvalue weighted by molar-refractivity contribution is -0.116. The molecule has 22 heavy (non-hydrogen) atoms. The summed E-state index contributed by atoms with van der Waals surface area (Å²) < 4.78 is 5.75. The zero-order chi connectivity index (χ0) is 15.2. The highest BCUT2D eigenvalue weighted by atomic mass is 32.2. The largest absolute Gasteiger partial charge is 0.493 e. The van der Waals surface area contributed by atoms with Crippen molar-refractivity contribution in [2.24, 2.45) is 0 Å². The maximum Gasteiger partial charge on any atom is 0.258 e. The standard InChI is InChI=1S/C18H17NO2S/c20-18-17(22-13-19-18)12-15-6-8-16(9-7-15)21-11-10-14-4-2-1-3-5-14/h1-9,12H,10-11,13H2,(H,19,20). The van der Waals surface area contributed by atoms with Gasteiger partial charge in [-0.3, -0.25) is 4.79 Å². The summed E-state index contributed by atoms with van der Waals surface area (Å²) in [5.41, 5.74) is 2.28. The Morgan fingerprint density at radius 3 is 2.55 bits per heavy atom. The number of amides is 1. The van der Waals surface area contributed by atoms with Crippen LogP contribution in [0.15, 0.2) is 59.5 Å². The van der Waals surface area contributed by atoms with Gasteiger partial charge in [-0.1, -0.05) is 54.2 Å². The number of hydrogen-bond acceptors (Lipinski definition) is 3. The van der Waals surface area contributed by atoms with Crippen molar-refractivity contribution >= 4 is 23.7 Å². The van der Waals surface area contributed by atoms with Gasteiger partial charge in [0.2, 0.25) is 0 Å². The van der Waals surface area contributed by atoms with Gasteiger partial charge in [0, 0.05) is 6.42 Å². The van der Waals surface area contributed by atoms with Gasteiger partial charge in [-0.25, -0.2) is 0 Å². The SMILES string of the molecule is O=C1NCSC1=Cc1ccc(OCCc2ccccc2)cc1. The molecule has 2 aromatic carbocycles. The maximum absolute atomic E-state index is 11.5. The lowest BCUT2D eigenvalue weighted by Gasteiger charge is -2.06. The maximum atomic E-state index is 11.5. The van der Waals surface area contributed by atoms with Crippen LogP contribution in [0.1, 0.15) is 11.1 Å². The fourth-order valence-corrected chi connectivity index (χ4v) is 2.96. The summed E-state index contributed by atoms with van der Waals surface area (Å²) in [7, 11) is 0. The summed E-state index contributed by atoms with van der Waals surface area (Å²) in [6.45, 7) is 0.655. The normalized spacial score (nSPS) is 15.8. The van der Waals surface area contributed by atoms with Crippen LogP contribution in [0, 0.1) is 0 Å². The van der Waals surface area contributed by atoms with Crippen molar-refractivity contribution in [3.63, 3.8) is 0 Å². The van der Waals surface area contributed by atoms with Gasteiger partial charge in [-0.15, -0.1) is 0 Å². The molecule has 1 amide bonds. The predicted octanol–water partition coefficient (Wildman–Crippen LogP) is 3.47. The second-order valence-electron chi connectivity index (χ2n) is 4.96. The monoisotopic (exact) mass is 311 g/mol. The quantitative estimate of drug-likeness (QED) is 0.859. The Kier molecular flexibility index (Phi) is 4.81. The van der Waals surface area contributed by atoms with Crippen LogP contribution in [-0.4, -0.2) is 18.4 Å². The van der Waals surface area contributed by atoms with Gasteiger partial charge in [0.05, 0.1) is 17.4 Å². The molecule has 3 nitrogen and oxygen atoms in total. The molecule has 1 fully saturated rings. The minimum atomic E-state index is 0.00758. The molecule has 0 spiro atoms. The number of carbonyl (C=O) groups is 1. The van der Waals surface area contributed by atoms with E-state index in [9.17, 15) is 4.79 Å². The third-order valence-electron chi connectivity index (χ3n) is 3.36. The van der Waals surface area contributed by atoms with E-state index in [0.717, 1.165) is 22.6 Å². The molecule has 112 valence electrons. The summed E-state index contributed by atoms with van der Waals surface area (Å²) in [6, 6.07) is 18.1. The van der Waals surface area contributed by atoms with Gasteiger partial charge >= 0.3 is 0 Å². The Hall–Kier alpha value is -2.20. The van der Waals surface area contributed by atoms with E-state index in [4.69, 9.17) is 4.74 Å². The van der Waals surface area contributed by atoms with E-state index in [-0.39, 0.29) is 5.91 Å². The molecule has 0 radical (unpaired) electrons. The third kappa shape index (κ3) is 3.92. The number of ether oxygens (including phenoxy) is 1. The van der Waals surface area contributed by atoms with Crippen molar-refractivity contribution in [1.29, 1.82) is 0 Å². The van der Waals surface area contributed by atoms with Crippen LogP contribution < -0.4 is 10.1 Å². The van der Waals surface area contributed by atoms with Gasteiger partial charge in [0.15, 0.2) is 0 Å². The summed E-state index contributed by atoms with van der Waals surface area (Å²) in [5.74, 6) is 1.51. The Labute approximate surface area is 134 Å². The molecule has 3 rings (SSSR count). The lowest BCUT2D eigenvalue weighted by atomic mass is 10.2. The van der Waals surface area contributed by atoms with Crippen LogP contribution in [0.4, 0.5) is 0 Å². The van der Waals surface area contributed by atoms with E-state index in [1.54, 1.807) is 0 Å². The first-order chi connectivity index (χ1) is 10.8. The number of hydrogen-bond donors (Lipinski definition) is 1. The molecular formula is C18H17NO2S. The summed E-state index contributed by atoms with van der Waals surface area (Å²) >= 11 is 1.53. The van der Waals surface area contributed by atoms with Crippen molar-refractivity contribution in [2.75, 3.05) is 12.5 Å². The zero-order valence-electron chi connectivity index (χ0n) is 12.1. The Bertz CT molecular complexity index is 665. The predicted molar refractivity (Wildman–Crippen MR) is 90.7 cm³/mol. The van der Waals surface area contributed by atoms with Gasteiger partial charge in [-0.05, 0) is 29.3 Å². The van der Waals surface area contributed by atoms with Crippen molar-refractivity contribution in [3.8, 4) is 5.75 Å². The minimum absolute atomic E-state index is 0.00758. The minimum Gasteiger partial charge on any atom is -0.493 e. The van der Waals surface area contributed by atoms with Crippen LogP contribution in [0.3, 0.4) is 0 Å². The molecule has 0 saturated carbocycles. The van der Waals surface area contributed by atoms with E-state index < -0.39 is 0 Å². The number of carbonyl (C=O) groups excluding carboxylic acids is 1. The van der Waals surface area contributed by atoms with Crippen molar-refractivity contribution in [3.05, 3.63) is 70.6 Å². The zero-order valence-corrected chi connectivity index (χ0v) is 12.9. The Morgan fingerprint density at radius 2 is 1.86 bits per heavy atom. The average Bonchev–Trinajstić information content (AvgIpc) is 2.95. The van der Waals surface area contributed by atoms with E-state index >= 15 is 0 Å². The van der Waals surface area contributed by atoms with Crippen LogP contribution in [-0.2, 0) is 11.2 Å². The fraction of sp³-hybridized carbons (Fsp3) is 0.167. The summed E-state index contributed by atoms with van der Waals surface area (Å²) in [6.07, 6.45) is 2.80. The molecule has 0 atom stereocenters. The first-order valence-electron chi connectivity index (χ1n) is 7.21. The van der Waals surface area contributed by atoms with Gasteiger partial charge in [0.1, 0.15) is 5.75 Å². The highest BCUT2D eigenvalue weighted by Gasteiger charge is 2.16. The fourth-order valence-electron chi connectivity index (χ4n) is 2.18. The topological polar surface area (TPSA) is 38.3 Å². The smallest absolute Gasteiger partial charge is 0.258 e. The molecule has 4 heteroatoms. The molecular weight excluding hydrogens is 294 g/mol. The van der Waals surface area contributed by atoms with Crippen LogP contribution >= 0.6 is 11.8 Å². The number of benzene rings is 2. The second kappa shape index (κ2) is 7.18. The first kappa shape index (κ1) is 14.7. The molecule has 1 N–H and O–H groups in total. The van der Waals surface area contributed by atoms with Crippen molar-refractivity contribution in [2.45, 2.75) is 6.42 Å².